The Morgan fingerprint density at radius 3 is 3.00 bits per heavy atom. The molecule has 5 heteroatoms. The van der Waals surface area contributed by atoms with Crippen molar-refractivity contribution in [3.63, 3.8) is 0 Å². The van der Waals surface area contributed by atoms with Gasteiger partial charge >= 0.3 is 0 Å². The molecule has 0 radical (unpaired) electrons. The fraction of sp³-hybridized carbons (Fsp3) is 0.286. The summed E-state index contributed by atoms with van der Waals surface area (Å²) in [6, 6.07) is 9.51. The van der Waals surface area contributed by atoms with E-state index in [1.165, 1.54) is 0 Å². The summed E-state index contributed by atoms with van der Waals surface area (Å²) in [5.74, 6) is -0.139. The lowest BCUT2D eigenvalue weighted by Crippen LogP contribution is -2.39. The van der Waals surface area contributed by atoms with E-state index in [4.69, 9.17) is 4.74 Å². The van der Waals surface area contributed by atoms with Gasteiger partial charge in [0.15, 0.2) is 0 Å². The minimum atomic E-state index is -0.139. The van der Waals surface area contributed by atoms with E-state index in [-0.39, 0.29) is 11.9 Å². The molecule has 0 spiro atoms. The second-order valence-corrected chi connectivity index (χ2v) is 4.84. The third-order valence-electron chi connectivity index (χ3n) is 2.74. The van der Waals surface area contributed by atoms with Crippen molar-refractivity contribution in [1.82, 2.24) is 10.3 Å². The summed E-state index contributed by atoms with van der Waals surface area (Å²) in [6.07, 6.45) is 1.59. The highest BCUT2D eigenvalue weighted by Crippen LogP contribution is 2.12. The number of methoxy groups -OCH3 is 1. The summed E-state index contributed by atoms with van der Waals surface area (Å²) in [5.41, 5.74) is 1.44. The zero-order valence-electron chi connectivity index (χ0n) is 10.6. The van der Waals surface area contributed by atoms with E-state index in [1.807, 2.05) is 30.3 Å². The molecule has 1 aromatic heterocycles. The summed E-state index contributed by atoms with van der Waals surface area (Å²) in [4.78, 5) is 16.4. The third kappa shape index (κ3) is 3.52. The van der Waals surface area contributed by atoms with Gasteiger partial charge < -0.3 is 10.1 Å². The van der Waals surface area contributed by atoms with Gasteiger partial charge in [-0.15, -0.1) is 0 Å². The minimum absolute atomic E-state index is 0.0519. The average Bonchev–Trinajstić information content (AvgIpc) is 2.46. The van der Waals surface area contributed by atoms with Crippen molar-refractivity contribution in [1.29, 1.82) is 0 Å². The normalized spacial score (nSPS) is 12.3. The Hall–Kier alpha value is -1.46. The molecule has 1 heterocycles. The quantitative estimate of drug-likeness (QED) is 0.860. The number of hydrogen-bond donors (Lipinski definition) is 1. The van der Waals surface area contributed by atoms with Gasteiger partial charge in [-0.2, -0.15) is 0 Å². The Bertz CT molecular complexity index is 574. The molecule has 1 N–H and O–H groups in total. The van der Waals surface area contributed by atoms with Crippen LogP contribution in [0.15, 0.2) is 36.5 Å². The van der Waals surface area contributed by atoms with E-state index in [0.717, 1.165) is 10.9 Å². The van der Waals surface area contributed by atoms with Gasteiger partial charge in [0.2, 0.25) is 0 Å². The first-order chi connectivity index (χ1) is 9.24. The van der Waals surface area contributed by atoms with Crippen molar-refractivity contribution in [2.75, 3.05) is 19.0 Å². The molecule has 2 rings (SSSR count). The summed E-state index contributed by atoms with van der Waals surface area (Å²) in [7, 11) is 1.61. The van der Waals surface area contributed by atoms with E-state index in [9.17, 15) is 4.79 Å². The number of ether oxygens (including phenoxy) is 1. The molecule has 0 aliphatic heterocycles. The number of amides is 1. The Balaban J connectivity index is 2.16. The summed E-state index contributed by atoms with van der Waals surface area (Å²) >= 11 is 3.35. The first-order valence-electron chi connectivity index (χ1n) is 5.95. The van der Waals surface area contributed by atoms with Gasteiger partial charge in [-0.05, 0) is 12.1 Å². The fourth-order valence-electron chi connectivity index (χ4n) is 1.79. The third-order valence-corrected chi connectivity index (χ3v) is 3.52. The molecule has 19 heavy (non-hydrogen) atoms. The molecule has 0 aliphatic carbocycles. The zero-order valence-corrected chi connectivity index (χ0v) is 12.2. The van der Waals surface area contributed by atoms with Gasteiger partial charge in [-0.25, -0.2) is 0 Å². The van der Waals surface area contributed by atoms with E-state index < -0.39 is 0 Å². The van der Waals surface area contributed by atoms with Crippen LogP contribution in [0.2, 0.25) is 0 Å². The maximum Gasteiger partial charge on any atom is 0.253 e. The number of rotatable bonds is 5. The van der Waals surface area contributed by atoms with Gasteiger partial charge in [0.25, 0.3) is 5.91 Å². The number of pyridine rings is 1. The summed E-state index contributed by atoms with van der Waals surface area (Å²) in [6.45, 7) is 0.470. The summed E-state index contributed by atoms with van der Waals surface area (Å²) in [5, 5.41) is 4.50. The first-order valence-corrected chi connectivity index (χ1v) is 7.07. The molecule has 4 nitrogen and oxygen atoms in total. The van der Waals surface area contributed by atoms with Crippen LogP contribution in [0.3, 0.4) is 0 Å². The number of benzene rings is 1. The van der Waals surface area contributed by atoms with Crippen molar-refractivity contribution in [2.45, 2.75) is 6.04 Å². The van der Waals surface area contributed by atoms with Crippen LogP contribution in [0.25, 0.3) is 10.9 Å². The van der Waals surface area contributed by atoms with Crippen LogP contribution in [-0.4, -0.2) is 36.0 Å². The number of hydrogen-bond acceptors (Lipinski definition) is 3. The predicted octanol–water partition coefficient (Wildman–Crippen LogP) is 2.37. The lowest BCUT2D eigenvalue weighted by molar-refractivity contribution is 0.0907. The maximum absolute atomic E-state index is 12.1. The Morgan fingerprint density at radius 2 is 2.26 bits per heavy atom. The minimum Gasteiger partial charge on any atom is -0.383 e. The predicted molar refractivity (Wildman–Crippen MR) is 78.7 cm³/mol. The largest absolute Gasteiger partial charge is 0.383 e. The molecule has 1 amide bonds. The Morgan fingerprint density at radius 1 is 1.47 bits per heavy atom. The number of aromatic nitrogens is 1. The molecular weight excluding hydrogens is 308 g/mol. The van der Waals surface area contributed by atoms with Crippen LogP contribution in [-0.2, 0) is 4.74 Å². The number of carbonyl (C=O) groups is 1. The van der Waals surface area contributed by atoms with Crippen LogP contribution >= 0.6 is 15.9 Å². The second kappa shape index (κ2) is 6.63. The highest BCUT2D eigenvalue weighted by molar-refractivity contribution is 9.09. The molecule has 0 aliphatic rings. The van der Waals surface area contributed by atoms with Crippen LogP contribution in [0.1, 0.15) is 10.4 Å². The molecule has 100 valence electrons. The number of para-hydroxylation sites is 1. The molecule has 0 saturated carbocycles. The lowest BCUT2D eigenvalue weighted by atomic mass is 10.1. The number of nitrogens with zero attached hydrogens (tertiary/aromatic N) is 1. The topological polar surface area (TPSA) is 51.2 Å². The standard InChI is InChI=1S/C14H15BrN2O2/c1-19-9-12(7-15)17-14(18)11-6-10-4-2-3-5-13(10)16-8-11/h2-6,8,12H,7,9H2,1H3,(H,17,18). The van der Waals surface area contributed by atoms with Crippen LogP contribution < -0.4 is 5.32 Å². The molecule has 1 atom stereocenters. The van der Waals surface area contributed by atoms with Gasteiger partial charge in [0, 0.05) is 24.0 Å². The lowest BCUT2D eigenvalue weighted by Gasteiger charge is -2.15. The molecular formula is C14H15BrN2O2. The van der Waals surface area contributed by atoms with E-state index in [2.05, 4.69) is 26.2 Å². The number of fused-ring (bicyclic) bond motifs is 1. The monoisotopic (exact) mass is 322 g/mol. The Labute approximate surface area is 120 Å². The Kier molecular flexibility index (Phi) is 4.87. The van der Waals surface area contributed by atoms with Crippen molar-refractivity contribution in [3.8, 4) is 0 Å². The van der Waals surface area contributed by atoms with Gasteiger partial charge in [-0.1, -0.05) is 34.1 Å². The van der Waals surface area contributed by atoms with Crippen molar-refractivity contribution in [2.24, 2.45) is 0 Å². The van der Waals surface area contributed by atoms with E-state index in [0.29, 0.717) is 17.5 Å². The number of halogens is 1. The molecule has 1 aromatic carbocycles. The number of nitrogens with one attached hydrogen (secondary N) is 1. The fourth-order valence-corrected chi connectivity index (χ4v) is 2.14. The van der Waals surface area contributed by atoms with Gasteiger partial charge in [0.05, 0.1) is 23.7 Å². The van der Waals surface area contributed by atoms with Crippen molar-refractivity contribution < 1.29 is 9.53 Å². The highest BCUT2D eigenvalue weighted by atomic mass is 79.9. The smallest absolute Gasteiger partial charge is 0.253 e. The molecule has 0 bridgehead atoms. The van der Waals surface area contributed by atoms with Crippen molar-refractivity contribution in [3.05, 3.63) is 42.1 Å². The summed E-state index contributed by atoms with van der Waals surface area (Å²) < 4.78 is 5.04. The van der Waals surface area contributed by atoms with Gasteiger partial charge in [-0.3, -0.25) is 9.78 Å². The van der Waals surface area contributed by atoms with Crippen LogP contribution in [0, 0.1) is 0 Å². The second-order valence-electron chi connectivity index (χ2n) is 4.20. The van der Waals surface area contributed by atoms with Gasteiger partial charge in [0.1, 0.15) is 0 Å². The zero-order chi connectivity index (χ0) is 13.7. The highest BCUT2D eigenvalue weighted by Gasteiger charge is 2.13. The molecule has 2 aromatic rings. The van der Waals surface area contributed by atoms with E-state index >= 15 is 0 Å². The molecule has 0 saturated heterocycles. The molecule has 0 fully saturated rings. The number of carbonyl (C=O) groups excluding carboxylic acids is 1. The van der Waals surface area contributed by atoms with Crippen LogP contribution in [0.4, 0.5) is 0 Å². The van der Waals surface area contributed by atoms with Crippen molar-refractivity contribution >= 4 is 32.7 Å². The van der Waals surface area contributed by atoms with Crippen LogP contribution in [0.5, 0.6) is 0 Å². The first kappa shape index (κ1) is 14.0. The average molecular weight is 323 g/mol. The van der Waals surface area contributed by atoms with E-state index in [1.54, 1.807) is 13.3 Å². The maximum atomic E-state index is 12.1. The molecule has 1 unspecified atom stereocenters. The SMILES string of the molecule is COCC(CBr)NC(=O)c1cnc2ccccc2c1. The number of alkyl halides is 1.